The molecule has 140 valence electrons. The predicted octanol–water partition coefficient (Wildman–Crippen LogP) is 4.33. The smallest absolute Gasteiger partial charge is 0.260 e. The minimum absolute atomic E-state index is 0.0928. The summed E-state index contributed by atoms with van der Waals surface area (Å²) in [5.41, 5.74) is 3.98. The lowest BCUT2D eigenvalue weighted by Gasteiger charge is -2.12. The summed E-state index contributed by atoms with van der Waals surface area (Å²) in [5.74, 6) is -0.0928. The molecule has 2 aromatic carbocycles. The Hall–Kier alpha value is -3.17. The van der Waals surface area contributed by atoms with Crippen molar-refractivity contribution in [1.82, 2.24) is 9.88 Å². The van der Waals surface area contributed by atoms with Crippen LogP contribution >= 0.6 is 11.8 Å². The first kappa shape index (κ1) is 18.2. The molecule has 5 nitrogen and oxygen atoms in total. The lowest BCUT2D eigenvalue weighted by Crippen LogP contribution is -2.30. The Morgan fingerprint density at radius 1 is 1.25 bits per heavy atom. The van der Waals surface area contributed by atoms with E-state index in [1.165, 1.54) is 17.3 Å². The molecule has 0 spiro atoms. The fraction of sp³-hybridized carbons (Fsp3) is 0.182. The average molecular weight is 388 g/mol. The number of aromatic nitrogens is 1. The minimum atomic E-state index is -0.210. The fourth-order valence-electron chi connectivity index (χ4n) is 3.29. The lowest BCUT2D eigenvalue weighted by atomic mass is 10.1. The van der Waals surface area contributed by atoms with Gasteiger partial charge in [-0.1, -0.05) is 49.0 Å². The topological polar surface area (TPSA) is 69.8 Å². The standard InChI is InChI=1S/C22H20N4OS/c1-2-15-7-9-17(10-8-15)24-22-25-21(27)20(28-22)13-16-14-26(12-11-23)19-6-4-3-5-18(16)19/h3-10,13-14,22,24H,2,12H2,1H3,(H,25,27)/b20-13-/t22-/m1/s1. The molecular formula is C22H20N4OS. The summed E-state index contributed by atoms with van der Waals surface area (Å²) >= 11 is 1.46. The van der Waals surface area contributed by atoms with Gasteiger partial charge < -0.3 is 15.2 Å². The van der Waals surface area contributed by atoms with Gasteiger partial charge in [0.25, 0.3) is 5.91 Å². The van der Waals surface area contributed by atoms with Crippen LogP contribution in [-0.2, 0) is 17.8 Å². The number of hydrogen-bond donors (Lipinski definition) is 2. The Morgan fingerprint density at radius 3 is 2.79 bits per heavy atom. The zero-order valence-electron chi connectivity index (χ0n) is 15.5. The van der Waals surface area contributed by atoms with Gasteiger partial charge in [0.05, 0.1) is 11.0 Å². The normalized spacial score (nSPS) is 17.6. The molecule has 28 heavy (non-hydrogen) atoms. The Balaban J connectivity index is 1.56. The number of rotatable bonds is 5. The van der Waals surface area contributed by atoms with Gasteiger partial charge in [-0.05, 0) is 36.3 Å². The summed E-state index contributed by atoms with van der Waals surface area (Å²) in [6.07, 6.45) is 4.83. The van der Waals surface area contributed by atoms with Gasteiger partial charge in [0, 0.05) is 28.4 Å². The van der Waals surface area contributed by atoms with E-state index in [1.807, 2.05) is 53.2 Å². The number of carbonyl (C=O) groups excluding carboxylic acids is 1. The van der Waals surface area contributed by atoms with E-state index in [-0.39, 0.29) is 17.9 Å². The molecule has 1 aliphatic heterocycles. The number of benzene rings is 2. The van der Waals surface area contributed by atoms with Crippen LogP contribution in [0.3, 0.4) is 0 Å². The molecule has 0 saturated carbocycles. The first-order valence-corrected chi connectivity index (χ1v) is 10.1. The van der Waals surface area contributed by atoms with Crippen molar-refractivity contribution < 1.29 is 4.79 Å². The molecule has 0 unspecified atom stereocenters. The van der Waals surface area contributed by atoms with E-state index in [9.17, 15) is 4.79 Å². The molecule has 1 saturated heterocycles. The zero-order valence-corrected chi connectivity index (χ0v) is 16.3. The largest absolute Gasteiger partial charge is 0.357 e. The average Bonchev–Trinajstić information content (AvgIpc) is 3.23. The second-order valence-electron chi connectivity index (χ2n) is 6.56. The Morgan fingerprint density at radius 2 is 2.04 bits per heavy atom. The van der Waals surface area contributed by atoms with Gasteiger partial charge in [0.15, 0.2) is 5.50 Å². The van der Waals surface area contributed by atoms with Crippen molar-refractivity contribution in [3.05, 3.63) is 70.8 Å². The molecule has 1 aliphatic rings. The number of nitriles is 1. The number of thioether (sulfide) groups is 1. The highest BCUT2D eigenvalue weighted by molar-refractivity contribution is 8.05. The van der Waals surface area contributed by atoms with Crippen LogP contribution in [0.1, 0.15) is 18.1 Å². The van der Waals surface area contributed by atoms with E-state index in [4.69, 9.17) is 5.26 Å². The molecule has 3 aromatic rings. The summed E-state index contributed by atoms with van der Waals surface area (Å²) in [6, 6.07) is 18.3. The maximum atomic E-state index is 12.4. The number of anilines is 1. The summed E-state index contributed by atoms with van der Waals surface area (Å²) in [4.78, 5) is 13.1. The second kappa shape index (κ2) is 7.83. The van der Waals surface area contributed by atoms with Gasteiger partial charge in [-0.3, -0.25) is 4.79 Å². The molecule has 0 bridgehead atoms. The van der Waals surface area contributed by atoms with Crippen molar-refractivity contribution in [2.75, 3.05) is 5.32 Å². The van der Waals surface area contributed by atoms with E-state index in [0.717, 1.165) is 28.6 Å². The first-order chi connectivity index (χ1) is 13.7. The zero-order chi connectivity index (χ0) is 19.5. The highest BCUT2D eigenvalue weighted by Gasteiger charge is 2.27. The molecule has 1 amide bonds. The number of aryl methyl sites for hydroxylation is 1. The van der Waals surface area contributed by atoms with E-state index >= 15 is 0 Å². The van der Waals surface area contributed by atoms with Crippen LogP contribution in [-0.4, -0.2) is 16.0 Å². The molecule has 1 fully saturated rings. The highest BCUT2D eigenvalue weighted by Crippen LogP contribution is 2.32. The molecule has 2 heterocycles. The maximum Gasteiger partial charge on any atom is 0.260 e. The molecule has 1 aromatic heterocycles. The molecule has 0 aliphatic carbocycles. The van der Waals surface area contributed by atoms with Crippen LogP contribution in [0.2, 0.25) is 0 Å². The van der Waals surface area contributed by atoms with E-state index in [1.54, 1.807) is 0 Å². The number of amides is 1. The lowest BCUT2D eigenvalue weighted by molar-refractivity contribution is -0.116. The van der Waals surface area contributed by atoms with Gasteiger partial charge in [-0.25, -0.2) is 0 Å². The van der Waals surface area contributed by atoms with Crippen LogP contribution in [0.15, 0.2) is 59.6 Å². The molecule has 4 rings (SSSR count). The summed E-state index contributed by atoms with van der Waals surface area (Å²) in [6.45, 7) is 2.40. The van der Waals surface area contributed by atoms with E-state index in [0.29, 0.717) is 4.91 Å². The number of nitrogens with one attached hydrogen (secondary N) is 2. The van der Waals surface area contributed by atoms with E-state index in [2.05, 4.69) is 35.8 Å². The number of carbonyl (C=O) groups is 1. The van der Waals surface area contributed by atoms with Crippen LogP contribution in [0.4, 0.5) is 5.69 Å². The van der Waals surface area contributed by atoms with Gasteiger partial charge >= 0.3 is 0 Å². The Labute approximate surface area is 168 Å². The van der Waals surface area contributed by atoms with Gasteiger partial charge in [0.2, 0.25) is 0 Å². The molecule has 2 N–H and O–H groups in total. The van der Waals surface area contributed by atoms with Crippen molar-refractivity contribution in [3.63, 3.8) is 0 Å². The highest BCUT2D eigenvalue weighted by atomic mass is 32.2. The summed E-state index contributed by atoms with van der Waals surface area (Å²) < 4.78 is 1.91. The molecule has 6 heteroatoms. The molecule has 1 atom stereocenters. The van der Waals surface area contributed by atoms with Crippen molar-refractivity contribution in [1.29, 1.82) is 5.26 Å². The van der Waals surface area contributed by atoms with Crippen molar-refractivity contribution in [2.45, 2.75) is 25.4 Å². The predicted molar refractivity (Wildman–Crippen MR) is 114 cm³/mol. The van der Waals surface area contributed by atoms with Crippen LogP contribution in [0, 0.1) is 11.3 Å². The number of nitrogens with zero attached hydrogens (tertiary/aromatic N) is 2. The maximum absolute atomic E-state index is 12.4. The third kappa shape index (κ3) is 3.62. The van der Waals surface area contributed by atoms with Crippen molar-refractivity contribution >= 4 is 40.3 Å². The van der Waals surface area contributed by atoms with Gasteiger partial charge in [0.1, 0.15) is 6.54 Å². The third-order valence-corrected chi connectivity index (χ3v) is 5.77. The Bertz CT molecular complexity index is 1090. The van der Waals surface area contributed by atoms with Crippen LogP contribution in [0.25, 0.3) is 17.0 Å². The van der Waals surface area contributed by atoms with Crippen molar-refractivity contribution in [2.24, 2.45) is 0 Å². The third-order valence-electron chi connectivity index (χ3n) is 4.74. The second-order valence-corrected chi connectivity index (χ2v) is 7.71. The molecule has 0 radical (unpaired) electrons. The fourth-order valence-corrected chi connectivity index (χ4v) is 4.27. The van der Waals surface area contributed by atoms with Crippen LogP contribution in [0.5, 0.6) is 0 Å². The van der Waals surface area contributed by atoms with Gasteiger partial charge in [-0.2, -0.15) is 5.26 Å². The van der Waals surface area contributed by atoms with Gasteiger partial charge in [-0.15, -0.1) is 0 Å². The monoisotopic (exact) mass is 388 g/mol. The number of fused-ring (bicyclic) bond motifs is 1. The minimum Gasteiger partial charge on any atom is -0.357 e. The van der Waals surface area contributed by atoms with Crippen LogP contribution < -0.4 is 10.6 Å². The summed E-state index contributed by atoms with van der Waals surface area (Å²) in [5, 5.41) is 16.4. The number of hydrogen-bond acceptors (Lipinski definition) is 4. The van der Waals surface area contributed by atoms with Crippen molar-refractivity contribution in [3.8, 4) is 6.07 Å². The number of para-hydroxylation sites is 1. The SMILES string of the molecule is CCc1ccc(N[C@@H]2NC(=O)/C(=C/c3cn(CC#N)c4ccccc34)S2)cc1. The first-order valence-electron chi connectivity index (χ1n) is 9.17. The summed E-state index contributed by atoms with van der Waals surface area (Å²) in [7, 11) is 0. The quantitative estimate of drug-likeness (QED) is 0.639. The molecular weight excluding hydrogens is 368 g/mol. The van der Waals surface area contributed by atoms with E-state index < -0.39 is 0 Å². The Kier molecular flexibility index (Phi) is 5.09.